The maximum Gasteiger partial charge on any atom is 0.136 e. The van der Waals surface area contributed by atoms with Crippen LogP contribution < -0.4 is 4.74 Å². The highest BCUT2D eigenvalue weighted by Gasteiger charge is 2.08. The lowest BCUT2D eigenvalue weighted by Gasteiger charge is -2.08. The van der Waals surface area contributed by atoms with E-state index in [1.54, 1.807) is 7.11 Å². The second-order valence-electron chi connectivity index (χ2n) is 4.64. The lowest BCUT2D eigenvalue weighted by molar-refractivity contribution is 0.413. The first-order valence-electron chi connectivity index (χ1n) is 6.84. The highest BCUT2D eigenvalue weighted by molar-refractivity contribution is 5.45. The Bertz CT molecular complexity index is 638. The third-order valence-corrected chi connectivity index (χ3v) is 3.36. The highest BCUT2D eigenvalue weighted by atomic mass is 16.5. The summed E-state index contributed by atoms with van der Waals surface area (Å²) < 4.78 is 7.18. The molecule has 1 aromatic heterocycles. The molecule has 0 unspecified atom stereocenters. The minimum absolute atomic E-state index is 0.561. The van der Waals surface area contributed by atoms with Crippen LogP contribution in [-0.4, -0.2) is 16.9 Å². The van der Waals surface area contributed by atoms with Gasteiger partial charge < -0.3 is 4.74 Å². The first-order valence-corrected chi connectivity index (χ1v) is 6.84. The van der Waals surface area contributed by atoms with E-state index < -0.39 is 0 Å². The fraction of sp³-hybridized carbons (Fsp3) is 0.375. The fourth-order valence-electron chi connectivity index (χ4n) is 2.22. The van der Waals surface area contributed by atoms with Gasteiger partial charge in [-0.2, -0.15) is 10.4 Å². The summed E-state index contributed by atoms with van der Waals surface area (Å²) in [6, 6.07) is 9.99. The second-order valence-corrected chi connectivity index (χ2v) is 4.64. The van der Waals surface area contributed by atoms with E-state index in [-0.39, 0.29) is 0 Å². The summed E-state index contributed by atoms with van der Waals surface area (Å²) >= 11 is 0. The molecular weight excluding hydrogens is 250 g/mol. The summed E-state index contributed by atoms with van der Waals surface area (Å²) in [6.07, 6.45) is 1.89. The topological polar surface area (TPSA) is 50.8 Å². The van der Waals surface area contributed by atoms with Crippen molar-refractivity contribution in [3.05, 3.63) is 46.8 Å². The van der Waals surface area contributed by atoms with Gasteiger partial charge in [0.1, 0.15) is 11.8 Å². The molecular formula is C16H19N3O. The van der Waals surface area contributed by atoms with Crippen molar-refractivity contribution in [1.82, 2.24) is 9.78 Å². The Labute approximate surface area is 119 Å². The molecule has 0 aliphatic carbocycles. The molecule has 0 radical (unpaired) electrons. The molecule has 2 aromatic rings. The molecule has 1 heterocycles. The summed E-state index contributed by atoms with van der Waals surface area (Å²) in [6.45, 7) is 4.91. The Balaban J connectivity index is 2.30. The van der Waals surface area contributed by atoms with Crippen molar-refractivity contribution < 1.29 is 4.74 Å². The Morgan fingerprint density at radius 2 is 2.05 bits per heavy atom. The molecule has 104 valence electrons. The monoisotopic (exact) mass is 269 g/mol. The van der Waals surface area contributed by atoms with Crippen LogP contribution in [0.5, 0.6) is 5.75 Å². The van der Waals surface area contributed by atoms with E-state index in [0.29, 0.717) is 17.9 Å². The minimum atomic E-state index is 0.561. The molecule has 0 fully saturated rings. The zero-order valence-corrected chi connectivity index (χ0v) is 12.2. The van der Waals surface area contributed by atoms with E-state index in [1.165, 1.54) is 5.69 Å². The summed E-state index contributed by atoms with van der Waals surface area (Å²) in [5.41, 5.74) is 3.95. The second kappa shape index (κ2) is 6.25. The van der Waals surface area contributed by atoms with E-state index in [2.05, 4.69) is 31.1 Å². The molecule has 0 N–H and O–H groups in total. The minimum Gasteiger partial charge on any atom is -0.495 e. The van der Waals surface area contributed by atoms with Crippen LogP contribution in [0, 0.1) is 11.3 Å². The summed E-state index contributed by atoms with van der Waals surface area (Å²) in [4.78, 5) is 0. The third-order valence-electron chi connectivity index (χ3n) is 3.36. The first kappa shape index (κ1) is 14.1. The number of nitriles is 1. The van der Waals surface area contributed by atoms with E-state index in [4.69, 9.17) is 10.00 Å². The van der Waals surface area contributed by atoms with Gasteiger partial charge in [-0.25, -0.2) is 0 Å². The van der Waals surface area contributed by atoms with Crippen LogP contribution in [-0.2, 0) is 19.4 Å². The van der Waals surface area contributed by atoms with Crippen molar-refractivity contribution in [3.8, 4) is 11.8 Å². The van der Waals surface area contributed by atoms with Crippen molar-refractivity contribution in [2.75, 3.05) is 7.11 Å². The lowest BCUT2D eigenvalue weighted by atomic mass is 10.1. The van der Waals surface area contributed by atoms with Gasteiger partial charge in [-0.3, -0.25) is 4.68 Å². The summed E-state index contributed by atoms with van der Waals surface area (Å²) in [7, 11) is 1.58. The number of rotatable bonds is 5. The Morgan fingerprint density at radius 3 is 2.65 bits per heavy atom. The van der Waals surface area contributed by atoms with Gasteiger partial charge >= 0.3 is 0 Å². The fourth-order valence-corrected chi connectivity index (χ4v) is 2.22. The van der Waals surface area contributed by atoms with Gasteiger partial charge in [-0.15, -0.1) is 0 Å². The number of methoxy groups -OCH3 is 1. The van der Waals surface area contributed by atoms with Crippen LogP contribution >= 0.6 is 0 Å². The predicted molar refractivity (Wildman–Crippen MR) is 77.8 cm³/mol. The van der Waals surface area contributed by atoms with Gasteiger partial charge in [-0.1, -0.05) is 19.9 Å². The summed E-state index contributed by atoms with van der Waals surface area (Å²) in [5, 5.41) is 13.7. The zero-order chi connectivity index (χ0) is 14.5. The molecule has 2 rings (SSSR count). The smallest absolute Gasteiger partial charge is 0.136 e. The van der Waals surface area contributed by atoms with E-state index in [9.17, 15) is 0 Å². The van der Waals surface area contributed by atoms with E-state index in [0.717, 1.165) is 24.1 Å². The van der Waals surface area contributed by atoms with E-state index in [1.807, 2.05) is 22.9 Å². The third kappa shape index (κ3) is 2.83. The predicted octanol–water partition coefficient (Wildman–Crippen LogP) is 2.94. The van der Waals surface area contributed by atoms with Crippen molar-refractivity contribution in [3.63, 3.8) is 0 Å². The van der Waals surface area contributed by atoms with Crippen LogP contribution in [0.25, 0.3) is 0 Å². The maximum atomic E-state index is 9.13. The molecule has 0 aliphatic rings. The molecule has 0 saturated carbocycles. The Hall–Kier alpha value is -2.28. The normalized spacial score (nSPS) is 10.3. The van der Waals surface area contributed by atoms with Gasteiger partial charge in [0.2, 0.25) is 0 Å². The van der Waals surface area contributed by atoms with Gasteiger partial charge in [0.15, 0.2) is 0 Å². The maximum absolute atomic E-state index is 9.13. The van der Waals surface area contributed by atoms with Crippen molar-refractivity contribution in [2.45, 2.75) is 33.2 Å². The molecule has 0 atom stereocenters. The molecule has 0 bridgehead atoms. The first-order chi connectivity index (χ1) is 9.71. The highest BCUT2D eigenvalue weighted by Crippen LogP contribution is 2.20. The van der Waals surface area contributed by atoms with Crippen LogP contribution in [0.3, 0.4) is 0 Å². The average molecular weight is 269 g/mol. The molecule has 0 spiro atoms. The molecule has 20 heavy (non-hydrogen) atoms. The molecule has 1 aromatic carbocycles. The largest absolute Gasteiger partial charge is 0.495 e. The van der Waals surface area contributed by atoms with Crippen LogP contribution in [0.2, 0.25) is 0 Å². The van der Waals surface area contributed by atoms with Crippen molar-refractivity contribution >= 4 is 0 Å². The number of ether oxygens (including phenoxy) is 1. The van der Waals surface area contributed by atoms with Crippen molar-refractivity contribution in [1.29, 1.82) is 5.26 Å². The molecule has 0 amide bonds. The van der Waals surface area contributed by atoms with E-state index >= 15 is 0 Å². The Morgan fingerprint density at radius 1 is 1.25 bits per heavy atom. The number of nitrogens with zero attached hydrogens (tertiary/aromatic N) is 3. The van der Waals surface area contributed by atoms with Crippen molar-refractivity contribution in [2.24, 2.45) is 0 Å². The summed E-state index contributed by atoms with van der Waals surface area (Å²) in [5.74, 6) is 0.613. The number of aryl methyl sites for hydroxylation is 2. The molecule has 0 aliphatic heterocycles. The quantitative estimate of drug-likeness (QED) is 0.838. The number of hydrogen-bond acceptors (Lipinski definition) is 3. The van der Waals surface area contributed by atoms with Crippen LogP contribution in [0.15, 0.2) is 24.3 Å². The van der Waals surface area contributed by atoms with Crippen LogP contribution in [0.4, 0.5) is 0 Å². The van der Waals surface area contributed by atoms with Gasteiger partial charge in [-0.05, 0) is 36.6 Å². The van der Waals surface area contributed by atoms with Crippen LogP contribution in [0.1, 0.15) is 36.4 Å². The van der Waals surface area contributed by atoms with Gasteiger partial charge in [0, 0.05) is 5.69 Å². The molecule has 4 heteroatoms. The van der Waals surface area contributed by atoms with Gasteiger partial charge in [0.05, 0.1) is 24.9 Å². The standard InChI is InChI=1S/C16H19N3O/c1-4-14-9-15(5-2)19(18-14)11-12-6-7-16(20-3)13(8-12)10-17/h6-9H,4-5,11H2,1-3H3. The average Bonchev–Trinajstić information content (AvgIpc) is 2.89. The lowest BCUT2D eigenvalue weighted by Crippen LogP contribution is -2.06. The number of benzene rings is 1. The number of aromatic nitrogens is 2. The van der Waals surface area contributed by atoms with Gasteiger partial charge in [0.25, 0.3) is 0 Å². The molecule has 0 saturated heterocycles. The molecule has 4 nitrogen and oxygen atoms in total. The number of hydrogen-bond donors (Lipinski definition) is 0. The SMILES string of the molecule is CCc1cc(CC)n(Cc2ccc(OC)c(C#N)c2)n1. The zero-order valence-electron chi connectivity index (χ0n) is 12.2. The Kier molecular flexibility index (Phi) is 4.41.